The number of ether oxygens (including phenoxy) is 2. The van der Waals surface area contributed by atoms with Gasteiger partial charge in [-0.05, 0) is 37.5 Å². The number of hydrogen-bond donors (Lipinski definition) is 1. The van der Waals surface area contributed by atoms with Crippen molar-refractivity contribution in [2.24, 2.45) is 5.73 Å². The summed E-state index contributed by atoms with van der Waals surface area (Å²) >= 11 is 0. The second-order valence-electron chi connectivity index (χ2n) is 6.36. The van der Waals surface area contributed by atoms with Gasteiger partial charge >= 0.3 is 0 Å². The minimum Gasteiger partial charge on any atom is -0.493 e. The molecule has 2 N–H and O–H groups in total. The van der Waals surface area contributed by atoms with E-state index in [4.69, 9.17) is 15.2 Å². The lowest BCUT2D eigenvalue weighted by Gasteiger charge is -2.45. The van der Waals surface area contributed by atoms with E-state index in [0.717, 1.165) is 38.4 Å². The molecule has 98 valence electrons. The summed E-state index contributed by atoms with van der Waals surface area (Å²) in [6.07, 6.45) is 1.98. The summed E-state index contributed by atoms with van der Waals surface area (Å²) in [5.41, 5.74) is 8.83. The molecule has 0 atom stereocenters. The lowest BCUT2D eigenvalue weighted by Crippen LogP contribution is -2.53. The molecule has 1 aromatic rings. The van der Waals surface area contributed by atoms with E-state index in [9.17, 15) is 0 Å². The Kier molecular flexibility index (Phi) is 2.65. The predicted molar refractivity (Wildman–Crippen MR) is 71.0 cm³/mol. The van der Waals surface area contributed by atoms with Gasteiger partial charge in [0.2, 0.25) is 0 Å². The molecule has 0 saturated carbocycles. The van der Waals surface area contributed by atoms with Gasteiger partial charge in [-0.3, -0.25) is 0 Å². The number of fused-ring (bicyclic) bond motifs is 1. The van der Waals surface area contributed by atoms with E-state index in [1.165, 1.54) is 11.1 Å². The Morgan fingerprint density at radius 2 is 2.11 bits per heavy atom. The fraction of sp³-hybridized carbons (Fsp3) is 0.600. The molecule has 2 aliphatic rings. The van der Waals surface area contributed by atoms with Crippen molar-refractivity contribution in [2.75, 3.05) is 19.8 Å². The first-order valence-electron chi connectivity index (χ1n) is 6.61. The van der Waals surface area contributed by atoms with E-state index in [0.29, 0.717) is 0 Å². The van der Waals surface area contributed by atoms with E-state index >= 15 is 0 Å². The van der Waals surface area contributed by atoms with Crippen molar-refractivity contribution in [3.05, 3.63) is 29.3 Å². The quantitative estimate of drug-likeness (QED) is 0.888. The lowest BCUT2D eigenvalue weighted by molar-refractivity contribution is -0.0719. The standard InChI is InChI=1S/C15H21NO2/c1-14(2,16)8-15(9-17-10-15)12-3-4-13-11(7-12)5-6-18-13/h3-4,7H,5-6,8-10,16H2,1-2H3. The number of rotatable bonds is 3. The van der Waals surface area contributed by atoms with Crippen molar-refractivity contribution in [1.29, 1.82) is 0 Å². The van der Waals surface area contributed by atoms with Gasteiger partial charge in [-0.1, -0.05) is 12.1 Å². The predicted octanol–water partition coefficient (Wildman–Crippen LogP) is 2.02. The van der Waals surface area contributed by atoms with E-state index < -0.39 is 0 Å². The lowest BCUT2D eigenvalue weighted by atomic mass is 9.70. The van der Waals surface area contributed by atoms with E-state index in [1.54, 1.807) is 0 Å². The molecule has 18 heavy (non-hydrogen) atoms. The van der Waals surface area contributed by atoms with Gasteiger partial charge in [-0.15, -0.1) is 0 Å². The fourth-order valence-corrected chi connectivity index (χ4v) is 3.11. The van der Waals surface area contributed by atoms with Gasteiger partial charge in [-0.2, -0.15) is 0 Å². The molecule has 0 amide bonds. The maximum Gasteiger partial charge on any atom is 0.122 e. The van der Waals surface area contributed by atoms with Crippen LogP contribution in [0.1, 0.15) is 31.4 Å². The SMILES string of the molecule is CC(C)(N)CC1(c2ccc3c(c2)CCO3)COC1. The second kappa shape index (κ2) is 3.97. The van der Waals surface area contributed by atoms with Gasteiger partial charge in [0.25, 0.3) is 0 Å². The molecule has 3 rings (SSSR count). The van der Waals surface area contributed by atoms with Crippen molar-refractivity contribution in [2.45, 2.75) is 37.6 Å². The zero-order chi connectivity index (χ0) is 12.8. The molecule has 0 aliphatic carbocycles. The average Bonchev–Trinajstić information content (AvgIpc) is 2.69. The van der Waals surface area contributed by atoms with Crippen LogP contribution in [0.2, 0.25) is 0 Å². The molecule has 2 aliphatic heterocycles. The Labute approximate surface area is 108 Å². The van der Waals surface area contributed by atoms with Gasteiger partial charge in [0.1, 0.15) is 5.75 Å². The minimum atomic E-state index is -0.167. The first kappa shape index (κ1) is 12.0. The highest BCUT2D eigenvalue weighted by Crippen LogP contribution is 2.41. The zero-order valence-corrected chi connectivity index (χ0v) is 11.2. The first-order chi connectivity index (χ1) is 8.49. The Hall–Kier alpha value is -1.06. The summed E-state index contributed by atoms with van der Waals surface area (Å²) in [6, 6.07) is 6.57. The van der Waals surface area contributed by atoms with Crippen LogP contribution in [-0.4, -0.2) is 25.4 Å². The van der Waals surface area contributed by atoms with Crippen LogP contribution in [-0.2, 0) is 16.6 Å². The highest BCUT2D eigenvalue weighted by atomic mass is 16.5. The maximum absolute atomic E-state index is 6.20. The van der Waals surface area contributed by atoms with Gasteiger partial charge in [-0.25, -0.2) is 0 Å². The number of benzene rings is 1. The average molecular weight is 247 g/mol. The van der Waals surface area contributed by atoms with Crippen LogP contribution in [0.5, 0.6) is 5.75 Å². The van der Waals surface area contributed by atoms with Crippen LogP contribution in [0, 0.1) is 0 Å². The topological polar surface area (TPSA) is 44.5 Å². The summed E-state index contributed by atoms with van der Waals surface area (Å²) in [6.45, 7) is 6.55. The molecule has 3 heteroatoms. The fourth-order valence-electron chi connectivity index (χ4n) is 3.11. The van der Waals surface area contributed by atoms with Crippen LogP contribution in [0.3, 0.4) is 0 Å². The minimum absolute atomic E-state index is 0.107. The molecule has 0 bridgehead atoms. The molecule has 2 heterocycles. The second-order valence-corrected chi connectivity index (χ2v) is 6.36. The molecule has 0 unspecified atom stereocenters. The third-order valence-corrected chi connectivity index (χ3v) is 3.85. The molecule has 1 fully saturated rings. The van der Waals surface area contributed by atoms with E-state index in [-0.39, 0.29) is 11.0 Å². The maximum atomic E-state index is 6.20. The Morgan fingerprint density at radius 1 is 1.33 bits per heavy atom. The van der Waals surface area contributed by atoms with E-state index in [1.807, 2.05) is 0 Å². The molecular weight excluding hydrogens is 226 g/mol. The summed E-state index contributed by atoms with van der Waals surface area (Å²) < 4.78 is 11.0. The Morgan fingerprint density at radius 3 is 2.72 bits per heavy atom. The summed E-state index contributed by atoms with van der Waals surface area (Å²) in [7, 11) is 0. The van der Waals surface area contributed by atoms with Crippen LogP contribution in [0.15, 0.2) is 18.2 Å². The molecule has 1 saturated heterocycles. The van der Waals surface area contributed by atoms with Gasteiger partial charge in [0.05, 0.1) is 19.8 Å². The summed E-state index contributed by atoms with van der Waals surface area (Å²) in [5.74, 6) is 1.04. The van der Waals surface area contributed by atoms with Gasteiger partial charge in [0, 0.05) is 17.4 Å². The van der Waals surface area contributed by atoms with Crippen molar-refractivity contribution < 1.29 is 9.47 Å². The largest absolute Gasteiger partial charge is 0.493 e. The molecule has 3 nitrogen and oxygen atoms in total. The highest BCUT2D eigenvalue weighted by molar-refractivity contribution is 5.43. The van der Waals surface area contributed by atoms with Gasteiger partial charge < -0.3 is 15.2 Å². The summed E-state index contributed by atoms with van der Waals surface area (Å²) in [4.78, 5) is 0. The third kappa shape index (κ3) is 2.02. The summed E-state index contributed by atoms with van der Waals surface area (Å²) in [5, 5.41) is 0. The van der Waals surface area contributed by atoms with Crippen molar-refractivity contribution >= 4 is 0 Å². The monoisotopic (exact) mass is 247 g/mol. The highest BCUT2D eigenvalue weighted by Gasteiger charge is 2.43. The Bertz CT molecular complexity index is 458. The molecular formula is C15H21NO2. The van der Waals surface area contributed by atoms with Crippen molar-refractivity contribution in [1.82, 2.24) is 0 Å². The molecule has 0 radical (unpaired) electrons. The normalized spacial score (nSPS) is 21.1. The van der Waals surface area contributed by atoms with E-state index in [2.05, 4.69) is 32.0 Å². The van der Waals surface area contributed by atoms with Crippen LogP contribution in [0.25, 0.3) is 0 Å². The third-order valence-electron chi connectivity index (χ3n) is 3.85. The number of hydrogen-bond acceptors (Lipinski definition) is 3. The molecule has 0 spiro atoms. The molecule has 1 aromatic carbocycles. The van der Waals surface area contributed by atoms with Crippen LogP contribution >= 0.6 is 0 Å². The van der Waals surface area contributed by atoms with Gasteiger partial charge in [0.15, 0.2) is 0 Å². The van der Waals surface area contributed by atoms with Crippen molar-refractivity contribution in [3.8, 4) is 5.75 Å². The van der Waals surface area contributed by atoms with Crippen LogP contribution in [0.4, 0.5) is 0 Å². The Balaban J connectivity index is 1.92. The van der Waals surface area contributed by atoms with Crippen molar-refractivity contribution in [3.63, 3.8) is 0 Å². The zero-order valence-electron chi connectivity index (χ0n) is 11.2. The van der Waals surface area contributed by atoms with Crippen LogP contribution < -0.4 is 10.5 Å². The number of nitrogens with two attached hydrogens (primary N) is 1. The first-order valence-corrected chi connectivity index (χ1v) is 6.61. The smallest absolute Gasteiger partial charge is 0.122 e. The molecule has 0 aromatic heterocycles.